The maximum atomic E-state index is 13.8. The van der Waals surface area contributed by atoms with Crippen molar-refractivity contribution in [2.24, 2.45) is 5.41 Å². The summed E-state index contributed by atoms with van der Waals surface area (Å²) in [7, 11) is 0. The quantitative estimate of drug-likeness (QED) is 0.475. The van der Waals surface area contributed by atoms with Crippen LogP contribution in [0.25, 0.3) is 0 Å². The van der Waals surface area contributed by atoms with E-state index >= 15 is 0 Å². The van der Waals surface area contributed by atoms with Gasteiger partial charge in [0.25, 0.3) is 0 Å². The smallest absolute Gasteiger partial charge is 0.234 e. The number of hydrogen-bond donors (Lipinski definition) is 1. The van der Waals surface area contributed by atoms with Crippen LogP contribution < -0.4 is 5.32 Å². The highest BCUT2D eigenvalue weighted by Gasteiger charge is 2.59. The summed E-state index contributed by atoms with van der Waals surface area (Å²) in [6.45, 7) is 4.30. The molecule has 5 nitrogen and oxygen atoms in total. The molecule has 0 spiro atoms. The molecule has 0 saturated carbocycles. The molecule has 3 atom stereocenters. The summed E-state index contributed by atoms with van der Waals surface area (Å²) in [5, 5.41) is 5.84. The number of rotatable bonds is 4. The van der Waals surface area contributed by atoms with Crippen LogP contribution in [0, 0.1) is 5.41 Å². The van der Waals surface area contributed by atoms with Crippen molar-refractivity contribution >= 4 is 22.4 Å². The summed E-state index contributed by atoms with van der Waals surface area (Å²) >= 11 is 1.49. The molecule has 0 radical (unpaired) electrons. The fourth-order valence-electron chi connectivity index (χ4n) is 5.81. The molecule has 3 unspecified atom stereocenters. The van der Waals surface area contributed by atoms with Gasteiger partial charge in [-0.1, -0.05) is 54.6 Å². The minimum absolute atomic E-state index is 0.0168. The first-order chi connectivity index (χ1) is 15.5. The molecule has 2 aliphatic heterocycles. The number of imidazole rings is 1. The summed E-state index contributed by atoms with van der Waals surface area (Å²) in [6, 6.07) is 18.7. The molecule has 7 rings (SSSR count). The lowest BCUT2D eigenvalue weighted by molar-refractivity contribution is -0.129. The lowest BCUT2D eigenvalue weighted by Crippen LogP contribution is -2.55. The largest absolute Gasteiger partial charge is 0.326 e. The van der Waals surface area contributed by atoms with Crippen LogP contribution in [0.3, 0.4) is 0 Å². The number of nitrogens with zero attached hydrogens (tertiary/aromatic N) is 3. The van der Waals surface area contributed by atoms with Gasteiger partial charge in [0.05, 0.1) is 22.6 Å². The van der Waals surface area contributed by atoms with Crippen molar-refractivity contribution in [1.82, 2.24) is 14.5 Å². The van der Waals surface area contributed by atoms with E-state index in [4.69, 9.17) is 4.98 Å². The van der Waals surface area contributed by atoms with E-state index in [2.05, 4.69) is 65.1 Å². The third kappa shape index (κ3) is 2.72. The first-order valence-electron chi connectivity index (χ1n) is 10.9. The zero-order valence-electron chi connectivity index (χ0n) is 18.1. The fraction of sp³-hybridized carbons (Fsp3) is 0.269. The molecule has 0 saturated heterocycles. The predicted molar refractivity (Wildman–Crippen MR) is 126 cm³/mol. The Kier molecular flexibility index (Phi) is 4.17. The lowest BCUT2D eigenvalue weighted by Gasteiger charge is -2.54. The highest BCUT2D eigenvalue weighted by molar-refractivity contribution is 7.13. The van der Waals surface area contributed by atoms with Crippen LogP contribution in [-0.2, 0) is 16.6 Å². The highest BCUT2D eigenvalue weighted by atomic mass is 32.1. The summed E-state index contributed by atoms with van der Waals surface area (Å²) in [4.78, 5) is 23.1. The fourth-order valence-corrected chi connectivity index (χ4v) is 6.51. The third-order valence-corrected chi connectivity index (χ3v) is 7.94. The molecule has 1 amide bonds. The predicted octanol–water partition coefficient (Wildman–Crippen LogP) is 5.19. The average molecular weight is 441 g/mol. The van der Waals surface area contributed by atoms with Crippen molar-refractivity contribution in [3.63, 3.8) is 0 Å². The normalized spacial score (nSPS) is 25.2. The molecule has 1 N–H and O–H groups in total. The van der Waals surface area contributed by atoms with E-state index < -0.39 is 5.41 Å². The molecule has 0 fully saturated rings. The Morgan fingerprint density at radius 3 is 2.78 bits per heavy atom. The van der Waals surface area contributed by atoms with Crippen LogP contribution >= 0.6 is 11.3 Å². The van der Waals surface area contributed by atoms with Gasteiger partial charge in [-0.2, -0.15) is 0 Å². The Bertz CT molecular complexity index is 1330. The zero-order chi connectivity index (χ0) is 21.9. The van der Waals surface area contributed by atoms with Crippen LogP contribution in [0.2, 0.25) is 0 Å². The number of fused-ring (bicyclic) bond motifs is 1. The molecule has 2 aromatic carbocycles. The topological polar surface area (TPSA) is 59.8 Å². The van der Waals surface area contributed by atoms with E-state index in [0.717, 1.165) is 17.9 Å². The second-order valence-corrected chi connectivity index (χ2v) is 10.2. The molecule has 32 heavy (non-hydrogen) atoms. The second-order valence-electron chi connectivity index (χ2n) is 9.33. The Morgan fingerprint density at radius 1 is 1.16 bits per heavy atom. The number of thiazole rings is 1. The van der Waals surface area contributed by atoms with Gasteiger partial charge < -0.3 is 9.88 Å². The Balaban J connectivity index is 1.32. The molecular formula is C26H24N4OS. The number of carbonyl (C=O) groups excluding carboxylic acids is 1. The maximum Gasteiger partial charge on any atom is 0.234 e. The summed E-state index contributed by atoms with van der Waals surface area (Å²) < 4.78 is 2.20. The number of amides is 1. The van der Waals surface area contributed by atoms with Gasteiger partial charge in [0, 0.05) is 24.2 Å². The van der Waals surface area contributed by atoms with Gasteiger partial charge in [0.2, 0.25) is 5.91 Å². The van der Waals surface area contributed by atoms with Crippen molar-refractivity contribution < 1.29 is 4.79 Å². The van der Waals surface area contributed by atoms with Crippen LogP contribution in [-0.4, -0.2) is 20.4 Å². The first kappa shape index (κ1) is 19.4. The highest BCUT2D eigenvalue weighted by Crippen LogP contribution is 2.60. The summed E-state index contributed by atoms with van der Waals surface area (Å²) in [5.41, 5.74) is 3.77. The number of nitrogens with one attached hydrogen (secondary N) is 1. The lowest BCUT2D eigenvalue weighted by atomic mass is 9.55. The number of benzene rings is 2. The molecule has 2 aromatic heterocycles. The molecule has 1 aliphatic carbocycles. The van der Waals surface area contributed by atoms with E-state index in [1.807, 2.05) is 36.0 Å². The van der Waals surface area contributed by atoms with Gasteiger partial charge in [0.15, 0.2) is 5.13 Å². The van der Waals surface area contributed by atoms with E-state index in [9.17, 15) is 4.79 Å². The van der Waals surface area contributed by atoms with Gasteiger partial charge in [-0.05, 0) is 37.0 Å². The van der Waals surface area contributed by atoms with Crippen LogP contribution in [0.5, 0.6) is 0 Å². The van der Waals surface area contributed by atoms with E-state index in [1.54, 1.807) is 0 Å². The third-order valence-electron chi connectivity index (χ3n) is 7.13. The van der Waals surface area contributed by atoms with Gasteiger partial charge in [-0.3, -0.25) is 4.79 Å². The molecule has 2 bridgehead atoms. The monoisotopic (exact) mass is 440 g/mol. The summed E-state index contributed by atoms with van der Waals surface area (Å²) in [5.74, 6) is 1.06. The van der Waals surface area contributed by atoms with Crippen LogP contribution in [0.4, 0.5) is 5.13 Å². The Labute approximate surface area is 191 Å². The second kappa shape index (κ2) is 6.87. The molecule has 6 heteroatoms. The van der Waals surface area contributed by atoms with E-state index in [-0.39, 0.29) is 17.4 Å². The number of hydrogen-bond acceptors (Lipinski definition) is 4. The Hall–Kier alpha value is -3.25. The van der Waals surface area contributed by atoms with Gasteiger partial charge in [0.1, 0.15) is 5.82 Å². The van der Waals surface area contributed by atoms with Crippen LogP contribution in [0.1, 0.15) is 54.5 Å². The van der Waals surface area contributed by atoms with Crippen molar-refractivity contribution in [2.75, 3.05) is 5.32 Å². The molecule has 4 heterocycles. The molecule has 4 aromatic rings. The van der Waals surface area contributed by atoms with Crippen molar-refractivity contribution in [1.29, 1.82) is 0 Å². The number of aromatic nitrogens is 3. The van der Waals surface area contributed by atoms with Crippen molar-refractivity contribution in [3.8, 4) is 0 Å². The SMILES string of the molecule is CC12CC(C)(C(=O)Nc3nc(Cc4ccccc4)cs3)C(c3ccccc31)n1ccnc12. The van der Waals surface area contributed by atoms with Crippen LogP contribution in [0.15, 0.2) is 72.4 Å². The van der Waals surface area contributed by atoms with Gasteiger partial charge >= 0.3 is 0 Å². The molecule has 160 valence electrons. The molecule has 3 aliphatic rings. The standard InChI is InChI=1S/C26H24N4OS/c1-25-16-26(2,21(30-13-12-27-22(25)30)19-10-6-7-11-20(19)25)23(31)29-24-28-18(15-32-24)14-17-8-4-3-5-9-17/h3-13,15,21H,14,16H2,1-2H3,(H,28,29,31). The Morgan fingerprint density at radius 2 is 1.94 bits per heavy atom. The number of carbonyl (C=O) groups is 1. The minimum Gasteiger partial charge on any atom is -0.326 e. The van der Waals surface area contributed by atoms with E-state index in [1.165, 1.54) is 28.0 Å². The summed E-state index contributed by atoms with van der Waals surface area (Å²) in [6.07, 6.45) is 5.34. The first-order valence-corrected chi connectivity index (χ1v) is 11.8. The van der Waals surface area contributed by atoms with E-state index in [0.29, 0.717) is 11.6 Å². The van der Waals surface area contributed by atoms with Crippen molar-refractivity contribution in [3.05, 3.63) is 101 Å². The van der Waals surface area contributed by atoms with Gasteiger partial charge in [-0.15, -0.1) is 11.3 Å². The number of anilines is 1. The van der Waals surface area contributed by atoms with Gasteiger partial charge in [-0.25, -0.2) is 9.97 Å². The zero-order valence-corrected chi connectivity index (χ0v) is 18.9. The maximum absolute atomic E-state index is 13.8. The average Bonchev–Trinajstić information content (AvgIpc) is 3.45. The van der Waals surface area contributed by atoms with Crippen molar-refractivity contribution in [2.45, 2.75) is 38.1 Å². The molecular weight excluding hydrogens is 416 g/mol. The minimum atomic E-state index is -0.609.